The number of nitrogens with zero attached hydrogens (tertiary/aromatic N) is 4. The normalized spacial score (nSPS) is 15.3. The van der Waals surface area contributed by atoms with Gasteiger partial charge in [-0.05, 0) is 69.5 Å². The molecule has 3 rings (SSSR count). The molecule has 0 radical (unpaired) electrons. The lowest BCUT2D eigenvalue weighted by molar-refractivity contribution is 0.0270. The molecule has 186 valence electrons. The molecule has 1 amide bonds. The van der Waals surface area contributed by atoms with Crippen molar-refractivity contribution in [2.45, 2.75) is 85.2 Å². The van der Waals surface area contributed by atoms with Crippen molar-refractivity contribution in [3.05, 3.63) is 35.5 Å². The molecule has 3 heterocycles. The first-order valence-corrected chi connectivity index (χ1v) is 14.7. The second-order valence-corrected chi connectivity index (χ2v) is 16.1. The molecule has 0 aromatic carbocycles. The van der Waals surface area contributed by atoms with Crippen LogP contribution in [0.25, 0.3) is 17.0 Å². The summed E-state index contributed by atoms with van der Waals surface area (Å²) in [6, 6.07) is 1.89. The van der Waals surface area contributed by atoms with Crippen molar-refractivity contribution in [1.29, 1.82) is 0 Å². The summed E-state index contributed by atoms with van der Waals surface area (Å²) in [5.74, 6) is 0.934. The third kappa shape index (κ3) is 6.12. The zero-order valence-electron chi connectivity index (χ0n) is 22.0. The molecule has 0 spiro atoms. The maximum absolute atomic E-state index is 12.4. The zero-order valence-corrected chi connectivity index (χ0v) is 23.0. The fraction of sp³-hybridized carbons (Fsp3) is 0.600. The number of rotatable bonds is 5. The van der Waals surface area contributed by atoms with E-state index in [1.54, 1.807) is 11.1 Å². The molecule has 0 saturated carbocycles. The van der Waals surface area contributed by atoms with Gasteiger partial charge in [0.05, 0.1) is 5.69 Å². The van der Waals surface area contributed by atoms with Gasteiger partial charge in [-0.15, -0.1) is 10.2 Å². The first kappa shape index (κ1) is 26.1. The van der Waals surface area contributed by atoms with Crippen LogP contribution in [0.1, 0.15) is 65.1 Å². The molecule has 0 unspecified atom stereocenters. The van der Waals surface area contributed by atoms with E-state index in [1.807, 2.05) is 39.8 Å². The van der Waals surface area contributed by atoms with Gasteiger partial charge in [-0.25, -0.2) is 4.79 Å². The Kier molecular flexibility index (Phi) is 7.38. The van der Waals surface area contributed by atoms with E-state index in [2.05, 4.69) is 49.0 Å². The van der Waals surface area contributed by atoms with Crippen LogP contribution in [0.15, 0.2) is 22.8 Å². The minimum Gasteiger partial charge on any atom is -0.444 e. The Hall–Kier alpha value is -2.52. The van der Waals surface area contributed by atoms with E-state index in [4.69, 9.17) is 13.6 Å². The van der Waals surface area contributed by atoms with E-state index in [9.17, 15) is 4.79 Å². The van der Waals surface area contributed by atoms with Crippen molar-refractivity contribution in [2.75, 3.05) is 13.1 Å². The molecule has 0 atom stereocenters. The van der Waals surface area contributed by atoms with Crippen molar-refractivity contribution in [1.82, 2.24) is 20.1 Å². The van der Waals surface area contributed by atoms with Crippen LogP contribution in [0.3, 0.4) is 0 Å². The largest absolute Gasteiger partial charge is 0.444 e. The van der Waals surface area contributed by atoms with E-state index >= 15 is 0 Å². The van der Waals surface area contributed by atoms with Crippen LogP contribution in [0.2, 0.25) is 18.1 Å². The van der Waals surface area contributed by atoms with E-state index in [-0.39, 0.29) is 11.1 Å². The van der Waals surface area contributed by atoms with Crippen molar-refractivity contribution in [2.24, 2.45) is 0 Å². The average Bonchev–Trinajstić information content (AvgIpc) is 3.19. The summed E-state index contributed by atoms with van der Waals surface area (Å²) < 4.78 is 17.7. The van der Waals surface area contributed by atoms with Crippen molar-refractivity contribution in [3.8, 4) is 11.5 Å². The standard InChI is InChI=1S/C25H38N4O4Si/c1-17-19(22-28-27-20(32-22)16-31-34(8,9)25(5,6)7)10-13-26-21(17)18-11-14-29(15-12-18)23(30)33-24(2,3)4/h10-11,13H,12,14-16H2,1-9H3. The number of carbonyl (C=O) groups excluding carboxylic acids is 1. The maximum atomic E-state index is 12.4. The van der Waals surface area contributed by atoms with E-state index < -0.39 is 13.9 Å². The average molecular weight is 487 g/mol. The Morgan fingerprint density at radius 1 is 1.18 bits per heavy atom. The van der Waals surface area contributed by atoms with Gasteiger partial charge in [0.15, 0.2) is 8.32 Å². The molecule has 1 aliphatic heterocycles. The fourth-order valence-corrected chi connectivity index (χ4v) is 4.26. The lowest BCUT2D eigenvalue weighted by atomic mass is 9.98. The molecular formula is C25H38N4O4Si. The third-order valence-corrected chi connectivity index (χ3v) is 10.9. The van der Waals surface area contributed by atoms with Crippen LogP contribution in [0.5, 0.6) is 0 Å². The molecule has 1 aliphatic rings. The summed E-state index contributed by atoms with van der Waals surface area (Å²) in [5.41, 5.74) is 3.30. The predicted octanol–water partition coefficient (Wildman–Crippen LogP) is 5.99. The van der Waals surface area contributed by atoms with Crippen LogP contribution in [-0.4, -0.2) is 53.2 Å². The highest BCUT2D eigenvalue weighted by Crippen LogP contribution is 2.37. The number of carbonyl (C=O) groups is 1. The highest BCUT2D eigenvalue weighted by atomic mass is 28.4. The van der Waals surface area contributed by atoms with Gasteiger partial charge in [0.2, 0.25) is 11.8 Å². The van der Waals surface area contributed by atoms with Gasteiger partial charge in [-0.2, -0.15) is 0 Å². The van der Waals surface area contributed by atoms with Gasteiger partial charge in [0, 0.05) is 24.8 Å². The van der Waals surface area contributed by atoms with Crippen LogP contribution >= 0.6 is 0 Å². The molecule has 0 aliphatic carbocycles. The first-order valence-electron chi connectivity index (χ1n) is 11.8. The summed E-state index contributed by atoms with van der Waals surface area (Å²) in [6.07, 6.45) is 4.21. The van der Waals surface area contributed by atoms with Crippen LogP contribution in [0, 0.1) is 6.92 Å². The summed E-state index contributed by atoms with van der Waals surface area (Å²) in [7, 11) is -1.91. The van der Waals surface area contributed by atoms with Gasteiger partial charge < -0.3 is 18.5 Å². The number of ether oxygens (including phenoxy) is 1. The summed E-state index contributed by atoms with van der Waals surface area (Å²) >= 11 is 0. The topological polar surface area (TPSA) is 90.6 Å². The smallest absolute Gasteiger partial charge is 0.410 e. The Labute approximate surface area is 203 Å². The second kappa shape index (κ2) is 9.62. The fourth-order valence-electron chi connectivity index (χ4n) is 3.35. The van der Waals surface area contributed by atoms with Crippen molar-refractivity contribution < 1.29 is 18.4 Å². The van der Waals surface area contributed by atoms with Crippen LogP contribution in [0.4, 0.5) is 4.79 Å². The minimum absolute atomic E-state index is 0.110. The minimum atomic E-state index is -1.91. The molecule has 8 nitrogen and oxygen atoms in total. The Morgan fingerprint density at radius 3 is 2.47 bits per heavy atom. The van der Waals surface area contributed by atoms with Crippen LogP contribution in [-0.2, 0) is 15.8 Å². The number of aromatic nitrogens is 3. The number of hydrogen-bond acceptors (Lipinski definition) is 7. The van der Waals surface area contributed by atoms with E-state index in [0.29, 0.717) is 37.9 Å². The highest BCUT2D eigenvalue weighted by molar-refractivity contribution is 6.74. The maximum Gasteiger partial charge on any atom is 0.410 e. The first-order chi connectivity index (χ1) is 15.7. The number of hydrogen-bond donors (Lipinski definition) is 0. The SMILES string of the molecule is Cc1c(-c2nnc(CO[Si](C)(C)C(C)(C)C)o2)ccnc1C1=CCN(C(=O)OC(C)(C)C)CC1. The molecule has 2 aromatic heterocycles. The van der Waals surface area contributed by atoms with Gasteiger partial charge in [-0.3, -0.25) is 4.98 Å². The summed E-state index contributed by atoms with van der Waals surface area (Å²) in [4.78, 5) is 18.7. The van der Waals surface area contributed by atoms with E-state index in [0.717, 1.165) is 22.4 Å². The molecule has 0 saturated heterocycles. The molecule has 9 heteroatoms. The highest BCUT2D eigenvalue weighted by Gasteiger charge is 2.37. The summed E-state index contributed by atoms with van der Waals surface area (Å²) in [5, 5.41) is 8.59. The third-order valence-electron chi connectivity index (χ3n) is 6.43. The van der Waals surface area contributed by atoms with E-state index in [1.165, 1.54) is 0 Å². The second-order valence-electron chi connectivity index (χ2n) is 11.3. The lowest BCUT2D eigenvalue weighted by Gasteiger charge is -2.35. The Morgan fingerprint density at radius 2 is 1.88 bits per heavy atom. The van der Waals surface area contributed by atoms with Gasteiger partial charge in [0.1, 0.15) is 12.2 Å². The van der Waals surface area contributed by atoms with Crippen molar-refractivity contribution >= 4 is 20.0 Å². The van der Waals surface area contributed by atoms with Gasteiger partial charge in [0.25, 0.3) is 0 Å². The predicted molar refractivity (Wildman–Crippen MR) is 135 cm³/mol. The lowest BCUT2D eigenvalue weighted by Crippen LogP contribution is -2.40. The Bertz CT molecular complexity index is 1060. The van der Waals surface area contributed by atoms with Crippen LogP contribution < -0.4 is 0 Å². The Balaban J connectivity index is 1.73. The quantitative estimate of drug-likeness (QED) is 0.480. The molecule has 0 N–H and O–H groups in total. The molecule has 0 fully saturated rings. The molecule has 34 heavy (non-hydrogen) atoms. The number of pyridine rings is 1. The van der Waals surface area contributed by atoms with Crippen molar-refractivity contribution in [3.63, 3.8) is 0 Å². The number of amides is 1. The van der Waals surface area contributed by atoms with Gasteiger partial charge >= 0.3 is 6.09 Å². The zero-order chi connectivity index (χ0) is 25.3. The molecule has 2 aromatic rings. The summed E-state index contributed by atoms with van der Waals surface area (Å²) in [6.45, 7) is 20.0. The molecular weight excluding hydrogens is 448 g/mol. The monoisotopic (exact) mass is 486 g/mol. The molecule has 0 bridgehead atoms. The van der Waals surface area contributed by atoms with Gasteiger partial charge in [-0.1, -0.05) is 26.8 Å².